The molecule has 0 aliphatic heterocycles. The summed E-state index contributed by atoms with van der Waals surface area (Å²) >= 11 is 0. The second-order valence-electron chi connectivity index (χ2n) is 22.9. The van der Waals surface area contributed by atoms with Gasteiger partial charge in [0.05, 0.1) is 11.0 Å². The second-order valence-corrected chi connectivity index (χ2v) is 22.9. The van der Waals surface area contributed by atoms with Gasteiger partial charge in [0.1, 0.15) is 0 Å². The van der Waals surface area contributed by atoms with E-state index in [1.807, 2.05) is 0 Å². The van der Waals surface area contributed by atoms with Crippen LogP contribution >= 0.6 is 0 Å². The lowest BCUT2D eigenvalue weighted by atomic mass is 9.82. The zero-order valence-electron chi connectivity index (χ0n) is 45.5. The minimum atomic E-state index is -0.114. The van der Waals surface area contributed by atoms with Crippen LogP contribution < -0.4 is 4.90 Å². The van der Waals surface area contributed by atoms with Gasteiger partial charge in [-0.2, -0.15) is 0 Å². The van der Waals surface area contributed by atoms with Gasteiger partial charge in [0, 0.05) is 44.4 Å². The van der Waals surface area contributed by atoms with Crippen LogP contribution in [0.1, 0.15) is 49.9 Å². The summed E-state index contributed by atoms with van der Waals surface area (Å²) in [5, 5.41) is 2.59. The number of anilines is 3. The monoisotopic (exact) mass is 1020 g/mol. The SMILES string of the molecule is CC1(C)c2ccccc2-c2cc3c4cc5c(cc4n(-c4ccc(-c6cccc(-c7cccc(-c8cccc(N(c9ccc(-c%10ccccc%10)cc9)c9ccc(-c%10ccccc%10)cc9)c8)c7)c6)cc4)c3cc21)C(C)(C)c1ccccc1-5. The van der Waals surface area contributed by atoms with Crippen LogP contribution in [0.3, 0.4) is 0 Å². The van der Waals surface area contributed by atoms with Crippen LogP contribution in [0.5, 0.6) is 0 Å². The number of hydrogen-bond donors (Lipinski definition) is 0. The van der Waals surface area contributed by atoms with Gasteiger partial charge >= 0.3 is 0 Å². The molecule has 2 aliphatic rings. The van der Waals surface area contributed by atoms with Crippen LogP contribution in [-0.4, -0.2) is 4.57 Å². The molecule has 2 nitrogen and oxygen atoms in total. The molecule has 0 spiro atoms. The molecule has 15 rings (SSSR count). The van der Waals surface area contributed by atoms with E-state index in [0.29, 0.717) is 0 Å². The Kier molecular flexibility index (Phi) is 10.9. The number of rotatable bonds is 9. The van der Waals surface area contributed by atoms with Crippen molar-refractivity contribution in [2.75, 3.05) is 4.90 Å². The molecule has 0 radical (unpaired) electrons. The van der Waals surface area contributed by atoms with Crippen molar-refractivity contribution in [3.05, 3.63) is 301 Å². The molecular weight excluding hydrogens is 965 g/mol. The first kappa shape index (κ1) is 47.5. The maximum absolute atomic E-state index is 2.53. The van der Waals surface area contributed by atoms with Gasteiger partial charge in [-0.3, -0.25) is 0 Å². The summed E-state index contributed by atoms with van der Waals surface area (Å²) in [6, 6.07) is 103. The third-order valence-corrected chi connectivity index (χ3v) is 17.6. The van der Waals surface area contributed by atoms with Crippen molar-refractivity contribution in [3.8, 4) is 83.6 Å². The Morgan fingerprint density at radius 1 is 0.250 bits per heavy atom. The normalized spacial score (nSPS) is 13.4. The lowest BCUT2D eigenvalue weighted by Gasteiger charge is -2.26. The maximum atomic E-state index is 2.53. The summed E-state index contributed by atoms with van der Waals surface area (Å²) < 4.78 is 2.53. The molecule has 0 fully saturated rings. The Morgan fingerprint density at radius 2 is 0.600 bits per heavy atom. The van der Waals surface area contributed by atoms with E-state index in [2.05, 4.69) is 316 Å². The van der Waals surface area contributed by atoms with Crippen LogP contribution in [0.2, 0.25) is 0 Å². The first-order valence-electron chi connectivity index (χ1n) is 28.1. The van der Waals surface area contributed by atoms with E-state index in [-0.39, 0.29) is 10.8 Å². The fourth-order valence-corrected chi connectivity index (χ4v) is 13.4. The van der Waals surface area contributed by atoms with Gasteiger partial charge in [0.2, 0.25) is 0 Å². The molecule has 0 saturated carbocycles. The number of nitrogens with zero attached hydrogens (tertiary/aromatic N) is 2. The standard InChI is InChI=1S/C78H58N2/c1-77(2)71-30-13-11-28-65(71)67-47-69-70-48-68-66-29-12-14-31-72(66)78(3,4)74(68)50-76(70)80(75(69)49-73(67)77)63-42-36-55(37-43-63)56-22-15-23-57(44-56)58-24-16-25-59(45-58)60-26-17-27-64(46-60)79(61-38-32-53(33-39-61)51-18-7-5-8-19-51)62-40-34-54(35-41-62)52-20-9-6-10-21-52/h5-50H,1-4H3. The Labute approximate surface area is 469 Å². The van der Waals surface area contributed by atoms with Crippen molar-refractivity contribution in [3.63, 3.8) is 0 Å². The van der Waals surface area contributed by atoms with Crippen molar-refractivity contribution < 1.29 is 0 Å². The van der Waals surface area contributed by atoms with Gasteiger partial charge in [-0.25, -0.2) is 0 Å². The smallest absolute Gasteiger partial charge is 0.0544 e. The Hall–Kier alpha value is -9.76. The van der Waals surface area contributed by atoms with Crippen LogP contribution in [-0.2, 0) is 10.8 Å². The molecule has 0 unspecified atom stereocenters. The summed E-state index contributed by atoms with van der Waals surface area (Å²) in [5.74, 6) is 0. The molecular formula is C78H58N2. The van der Waals surface area contributed by atoms with Crippen LogP contribution in [0, 0.1) is 0 Å². The van der Waals surface area contributed by atoms with E-state index in [1.165, 1.54) is 116 Å². The number of benzene rings is 12. The van der Waals surface area contributed by atoms with Gasteiger partial charge in [0.25, 0.3) is 0 Å². The van der Waals surface area contributed by atoms with Gasteiger partial charge < -0.3 is 9.47 Å². The molecule has 13 aromatic rings. The van der Waals surface area contributed by atoms with E-state index in [9.17, 15) is 0 Å². The molecule has 380 valence electrons. The van der Waals surface area contributed by atoms with Crippen LogP contribution in [0.4, 0.5) is 17.1 Å². The highest BCUT2D eigenvalue weighted by Gasteiger charge is 2.38. The highest BCUT2D eigenvalue weighted by atomic mass is 15.1. The minimum Gasteiger partial charge on any atom is -0.310 e. The van der Waals surface area contributed by atoms with Gasteiger partial charge in [-0.1, -0.05) is 222 Å². The summed E-state index contributed by atoms with van der Waals surface area (Å²) in [6.45, 7) is 9.54. The summed E-state index contributed by atoms with van der Waals surface area (Å²) in [5.41, 5.74) is 29.5. The maximum Gasteiger partial charge on any atom is 0.0544 e. The van der Waals surface area contributed by atoms with Crippen molar-refractivity contribution in [2.24, 2.45) is 0 Å². The van der Waals surface area contributed by atoms with Crippen molar-refractivity contribution in [2.45, 2.75) is 38.5 Å². The molecule has 0 saturated heterocycles. The molecule has 2 heteroatoms. The van der Waals surface area contributed by atoms with Crippen molar-refractivity contribution in [1.82, 2.24) is 4.57 Å². The lowest BCUT2D eigenvalue weighted by Crippen LogP contribution is -2.15. The van der Waals surface area contributed by atoms with Crippen LogP contribution in [0.25, 0.3) is 105 Å². The Balaban J connectivity index is 0.775. The molecule has 0 N–H and O–H groups in total. The van der Waals surface area contributed by atoms with E-state index in [1.54, 1.807) is 0 Å². The topological polar surface area (TPSA) is 8.17 Å². The van der Waals surface area contributed by atoms with Gasteiger partial charge in [-0.05, 0) is 185 Å². The zero-order valence-corrected chi connectivity index (χ0v) is 45.5. The quantitative estimate of drug-likeness (QED) is 0.140. The summed E-state index contributed by atoms with van der Waals surface area (Å²) in [4.78, 5) is 2.37. The molecule has 80 heavy (non-hydrogen) atoms. The summed E-state index contributed by atoms with van der Waals surface area (Å²) in [7, 11) is 0. The predicted molar refractivity (Wildman–Crippen MR) is 338 cm³/mol. The highest BCUT2D eigenvalue weighted by molar-refractivity contribution is 6.14. The van der Waals surface area contributed by atoms with Crippen molar-refractivity contribution >= 4 is 38.9 Å². The minimum absolute atomic E-state index is 0.114. The Bertz CT molecular complexity index is 4340. The molecule has 2 aliphatic carbocycles. The molecule has 1 heterocycles. The van der Waals surface area contributed by atoms with Crippen LogP contribution in [0.15, 0.2) is 279 Å². The largest absolute Gasteiger partial charge is 0.310 e. The first-order valence-corrected chi connectivity index (χ1v) is 28.1. The highest BCUT2D eigenvalue weighted by Crippen LogP contribution is 2.54. The van der Waals surface area contributed by atoms with Gasteiger partial charge in [0.15, 0.2) is 0 Å². The molecule has 0 atom stereocenters. The third kappa shape index (κ3) is 7.69. The molecule has 1 aromatic heterocycles. The number of hydrogen-bond acceptors (Lipinski definition) is 1. The average molecular weight is 1020 g/mol. The average Bonchev–Trinajstić information content (AvgIpc) is 4.12. The van der Waals surface area contributed by atoms with E-state index in [4.69, 9.17) is 0 Å². The third-order valence-electron chi connectivity index (χ3n) is 17.6. The van der Waals surface area contributed by atoms with Gasteiger partial charge in [-0.15, -0.1) is 0 Å². The van der Waals surface area contributed by atoms with E-state index >= 15 is 0 Å². The fourth-order valence-electron chi connectivity index (χ4n) is 13.4. The molecule has 0 amide bonds. The lowest BCUT2D eigenvalue weighted by molar-refractivity contribution is 0.660. The number of fused-ring (bicyclic) bond motifs is 9. The molecule has 0 bridgehead atoms. The molecule has 12 aromatic carbocycles. The van der Waals surface area contributed by atoms with E-state index < -0.39 is 0 Å². The second kappa shape index (κ2) is 18.4. The zero-order chi connectivity index (χ0) is 53.7. The fraction of sp³-hybridized carbons (Fsp3) is 0.0769. The Morgan fingerprint density at radius 3 is 1.06 bits per heavy atom. The van der Waals surface area contributed by atoms with E-state index in [0.717, 1.165) is 28.3 Å². The number of aromatic nitrogens is 1. The predicted octanol–water partition coefficient (Wildman–Crippen LogP) is 21.2. The summed E-state index contributed by atoms with van der Waals surface area (Å²) in [6.07, 6.45) is 0. The first-order chi connectivity index (χ1) is 39.2. The van der Waals surface area contributed by atoms with Crippen molar-refractivity contribution in [1.29, 1.82) is 0 Å².